The van der Waals surface area contributed by atoms with Gasteiger partial charge in [0.2, 0.25) is 12.7 Å². The molecule has 0 radical (unpaired) electrons. The number of rotatable bonds is 4. The molecule has 2 atom stereocenters. The van der Waals surface area contributed by atoms with Crippen LogP contribution in [0, 0.1) is 11.8 Å². The highest BCUT2D eigenvalue weighted by Crippen LogP contribution is 2.32. The van der Waals surface area contributed by atoms with Crippen molar-refractivity contribution < 1.29 is 24.2 Å². The molecule has 1 aliphatic heterocycles. The van der Waals surface area contributed by atoms with E-state index in [-0.39, 0.29) is 12.7 Å². The van der Waals surface area contributed by atoms with Gasteiger partial charge in [0.05, 0.1) is 11.8 Å². The van der Waals surface area contributed by atoms with E-state index in [2.05, 4.69) is 5.32 Å². The van der Waals surface area contributed by atoms with Crippen LogP contribution in [-0.4, -0.2) is 23.8 Å². The first-order chi connectivity index (χ1) is 10.6. The van der Waals surface area contributed by atoms with Crippen molar-refractivity contribution in [3.63, 3.8) is 0 Å². The number of nitrogens with one attached hydrogen (secondary N) is 1. The highest BCUT2D eigenvalue weighted by molar-refractivity contribution is 5.85. The molecule has 1 aromatic carbocycles. The number of hydrogen-bond donors (Lipinski definition) is 2. The fourth-order valence-electron chi connectivity index (χ4n) is 2.75. The summed E-state index contributed by atoms with van der Waals surface area (Å²) in [4.78, 5) is 23.5. The van der Waals surface area contributed by atoms with E-state index in [1.165, 1.54) is 0 Å². The van der Waals surface area contributed by atoms with Crippen LogP contribution in [0.3, 0.4) is 0 Å². The lowest BCUT2D eigenvalue weighted by Gasteiger charge is -2.24. The van der Waals surface area contributed by atoms with Crippen LogP contribution in [0.15, 0.2) is 30.4 Å². The second-order valence-corrected chi connectivity index (χ2v) is 5.40. The molecule has 6 nitrogen and oxygen atoms in total. The van der Waals surface area contributed by atoms with Gasteiger partial charge in [0.25, 0.3) is 0 Å². The summed E-state index contributed by atoms with van der Waals surface area (Å²) in [6.45, 7) is 0.544. The molecule has 116 valence electrons. The number of carboxylic acids is 1. The molecule has 0 aromatic heterocycles. The Morgan fingerprint density at radius 3 is 2.64 bits per heavy atom. The van der Waals surface area contributed by atoms with Gasteiger partial charge in [0.1, 0.15) is 0 Å². The van der Waals surface area contributed by atoms with Crippen molar-refractivity contribution in [2.75, 3.05) is 6.79 Å². The second kappa shape index (κ2) is 6.09. The van der Waals surface area contributed by atoms with Gasteiger partial charge in [-0.2, -0.15) is 0 Å². The number of allylic oxidation sites excluding steroid dienone is 2. The molecular formula is C16H17NO5. The maximum absolute atomic E-state index is 12.3. The summed E-state index contributed by atoms with van der Waals surface area (Å²) in [5.41, 5.74) is 0.885. The third-order valence-corrected chi connectivity index (χ3v) is 3.99. The molecule has 2 aliphatic rings. The topological polar surface area (TPSA) is 84.9 Å². The third kappa shape index (κ3) is 2.90. The number of fused-ring (bicyclic) bond motifs is 1. The van der Waals surface area contributed by atoms with E-state index in [1.54, 1.807) is 6.07 Å². The van der Waals surface area contributed by atoms with E-state index in [0.29, 0.717) is 30.9 Å². The van der Waals surface area contributed by atoms with Crippen molar-refractivity contribution in [2.24, 2.45) is 11.8 Å². The first kappa shape index (κ1) is 14.4. The van der Waals surface area contributed by atoms with E-state index >= 15 is 0 Å². The molecule has 22 heavy (non-hydrogen) atoms. The number of carbonyl (C=O) groups is 2. The molecule has 0 spiro atoms. The van der Waals surface area contributed by atoms with Crippen LogP contribution >= 0.6 is 0 Å². The van der Waals surface area contributed by atoms with Crippen LogP contribution in [0.1, 0.15) is 18.4 Å². The van der Waals surface area contributed by atoms with Crippen LogP contribution in [-0.2, 0) is 16.1 Å². The van der Waals surface area contributed by atoms with Gasteiger partial charge in [-0.3, -0.25) is 9.59 Å². The summed E-state index contributed by atoms with van der Waals surface area (Å²) < 4.78 is 10.5. The predicted octanol–water partition coefficient (Wildman–Crippen LogP) is 1.70. The highest BCUT2D eigenvalue weighted by atomic mass is 16.7. The maximum atomic E-state index is 12.3. The molecule has 1 amide bonds. The quantitative estimate of drug-likeness (QED) is 0.827. The zero-order valence-corrected chi connectivity index (χ0v) is 12.0. The van der Waals surface area contributed by atoms with Gasteiger partial charge >= 0.3 is 5.97 Å². The Morgan fingerprint density at radius 1 is 1.14 bits per heavy atom. The van der Waals surface area contributed by atoms with Crippen molar-refractivity contribution in [2.45, 2.75) is 19.4 Å². The lowest BCUT2D eigenvalue weighted by atomic mass is 9.82. The standard InChI is InChI=1S/C16H17NO5/c18-15(11-3-1-2-4-12(11)16(19)20)17-8-10-5-6-13-14(7-10)22-9-21-13/h1-2,5-7,11-12H,3-4,8-9H2,(H,17,18)(H,19,20)/t11-,12+/m1/s1. The number of benzene rings is 1. The van der Waals surface area contributed by atoms with Crippen LogP contribution in [0.2, 0.25) is 0 Å². The van der Waals surface area contributed by atoms with Gasteiger partial charge in [-0.05, 0) is 30.5 Å². The van der Waals surface area contributed by atoms with Crippen LogP contribution in [0.4, 0.5) is 0 Å². The molecule has 1 aliphatic carbocycles. The molecule has 0 bridgehead atoms. The minimum Gasteiger partial charge on any atom is -0.481 e. The third-order valence-electron chi connectivity index (χ3n) is 3.99. The molecule has 3 rings (SSSR count). The zero-order chi connectivity index (χ0) is 15.5. The fraction of sp³-hybridized carbons (Fsp3) is 0.375. The smallest absolute Gasteiger partial charge is 0.307 e. The van der Waals surface area contributed by atoms with Crippen molar-refractivity contribution >= 4 is 11.9 Å². The Hall–Kier alpha value is -2.50. The summed E-state index contributed by atoms with van der Waals surface area (Å²) in [7, 11) is 0. The van der Waals surface area contributed by atoms with Gasteiger partial charge in [-0.15, -0.1) is 0 Å². The van der Waals surface area contributed by atoms with Crippen molar-refractivity contribution in [3.05, 3.63) is 35.9 Å². The first-order valence-electron chi connectivity index (χ1n) is 7.19. The first-order valence-corrected chi connectivity index (χ1v) is 7.19. The summed E-state index contributed by atoms with van der Waals surface area (Å²) in [5.74, 6) is -0.963. The summed E-state index contributed by atoms with van der Waals surface area (Å²) >= 11 is 0. The Balaban J connectivity index is 1.62. The van der Waals surface area contributed by atoms with E-state index in [0.717, 1.165) is 5.56 Å². The van der Waals surface area contributed by atoms with E-state index in [1.807, 2.05) is 24.3 Å². The van der Waals surface area contributed by atoms with Gasteiger partial charge < -0.3 is 19.9 Å². The van der Waals surface area contributed by atoms with E-state index < -0.39 is 17.8 Å². The number of hydrogen-bond acceptors (Lipinski definition) is 4. The summed E-state index contributed by atoms with van der Waals surface area (Å²) in [6.07, 6.45) is 4.55. The molecular weight excluding hydrogens is 286 g/mol. The molecule has 0 unspecified atom stereocenters. The van der Waals surface area contributed by atoms with Gasteiger partial charge in [0, 0.05) is 6.54 Å². The molecule has 0 fully saturated rings. The minimum atomic E-state index is -0.924. The fourth-order valence-corrected chi connectivity index (χ4v) is 2.75. The molecule has 1 heterocycles. The normalized spacial score (nSPS) is 22.4. The summed E-state index contributed by atoms with van der Waals surface area (Å²) in [6, 6.07) is 5.47. The lowest BCUT2D eigenvalue weighted by Crippen LogP contribution is -2.38. The van der Waals surface area contributed by atoms with Crippen molar-refractivity contribution in [1.82, 2.24) is 5.32 Å². The Morgan fingerprint density at radius 2 is 1.86 bits per heavy atom. The molecule has 0 saturated heterocycles. The molecule has 0 saturated carbocycles. The average molecular weight is 303 g/mol. The minimum absolute atomic E-state index is 0.208. The molecule has 6 heteroatoms. The van der Waals surface area contributed by atoms with E-state index in [9.17, 15) is 14.7 Å². The van der Waals surface area contributed by atoms with Gasteiger partial charge in [0.15, 0.2) is 11.5 Å². The van der Waals surface area contributed by atoms with Crippen molar-refractivity contribution in [3.8, 4) is 11.5 Å². The number of ether oxygens (including phenoxy) is 2. The average Bonchev–Trinajstić information content (AvgIpc) is 3.00. The second-order valence-electron chi connectivity index (χ2n) is 5.40. The predicted molar refractivity (Wildman–Crippen MR) is 77.4 cm³/mol. The highest BCUT2D eigenvalue weighted by Gasteiger charge is 2.33. The van der Waals surface area contributed by atoms with Gasteiger partial charge in [-0.1, -0.05) is 18.2 Å². The van der Waals surface area contributed by atoms with Gasteiger partial charge in [-0.25, -0.2) is 0 Å². The van der Waals surface area contributed by atoms with Crippen LogP contribution in [0.5, 0.6) is 11.5 Å². The Bertz CT molecular complexity index is 625. The lowest BCUT2D eigenvalue weighted by molar-refractivity contribution is -0.147. The number of carboxylic acid groups (broad SMARTS) is 1. The molecule has 2 N–H and O–H groups in total. The van der Waals surface area contributed by atoms with Crippen LogP contribution in [0.25, 0.3) is 0 Å². The SMILES string of the molecule is O=C(O)[C@H]1CC=CC[C@H]1C(=O)NCc1ccc2c(c1)OCO2. The number of carbonyl (C=O) groups excluding carboxylic acids is 1. The van der Waals surface area contributed by atoms with Crippen molar-refractivity contribution in [1.29, 1.82) is 0 Å². The zero-order valence-electron chi connectivity index (χ0n) is 12.0. The Labute approximate surface area is 127 Å². The summed E-state index contributed by atoms with van der Waals surface area (Å²) in [5, 5.41) is 12.0. The largest absolute Gasteiger partial charge is 0.481 e. The maximum Gasteiger partial charge on any atom is 0.307 e. The monoisotopic (exact) mass is 303 g/mol. The Kier molecular flexibility index (Phi) is 4.00. The molecule has 1 aromatic rings. The van der Waals surface area contributed by atoms with Crippen LogP contribution < -0.4 is 14.8 Å². The number of amides is 1. The number of aliphatic carboxylic acids is 1. The van der Waals surface area contributed by atoms with E-state index in [4.69, 9.17) is 9.47 Å².